The van der Waals surface area contributed by atoms with Crippen molar-refractivity contribution in [1.29, 1.82) is 0 Å². The highest BCUT2D eigenvalue weighted by Crippen LogP contribution is 2.22. The van der Waals surface area contributed by atoms with Gasteiger partial charge in [-0.05, 0) is 48.2 Å². The molecular weight excluding hydrogens is 333 g/mol. The third kappa shape index (κ3) is 5.04. The van der Waals surface area contributed by atoms with Gasteiger partial charge >= 0.3 is 0 Å². The first kappa shape index (κ1) is 18.8. The molecule has 1 aliphatic rings. The minimum absolute atomic E-state index is 0.0548. The first-order chi connectivity index (χ1) is 12.7. The molecule has 1 heterocycles. The van der Waals surface area contributed by atoms with Gasteiger partial charge in [0.15, 0.2) is 0 Å². The molecule has 1 atom stereocenters. The van der Waals surface area contributed by atoms with E-state index in [0.717, 1.165) is 55.8 Å². The molecule has 2 aromatic rings. The molecular formula is C21H26FNO3. The molecule has 5 heteroatoms. The Morgan fingerprint density at radius 2 is 1.88 bits per heavy atom. The van der Waals surface area contributed by atoms with Gasteiger partial charge < -0.3 is 14.6 Å². The minimum Gasteiger partial charge on any atom is -0.496 e. The van der Waals surface area contributed by atoms with E-state index in [4.69, 9.17) is 9.47 Å². The third-order valence-corrected chi connectivity index (χ3v) is 4.73. The average molecular weight is 359 g/mol. The second kappa shape index (κ2) is 9.12. The summed E-state index contributed by atoms with van der Waals surface area (Å²) in [6, 6.07) is 12.5. The highest BCUT2D eigenvalue weighted by molar-refractivity contribution is 5.36. The number of aliphatic hydroxyl groups excluding tert-OH is 1. The molecule has 1 saturated heterocycles. The van der Waals surface area contributed by atoms with Gasteiger partial charge in [0, 0.05) is 31.8 Å². The van der Waals surface area contributed by atoms with Gasteiger partial charge in [-0.2, -0.15) is 0 Å². The number of hydrogen-bond acceptors (Lipinski definition) is 4. The predicted molar refractivity (Wildman–Crippen MR) is 98.4 cm³/mol. The maximum atomic E-state index is 13.2. The summed E-state index contributed by atoms with van der Waals surface area (Å²) in [5.41, 5.74) is 2.96. The van der Waals surface area contributed by atoms with Crippen LogP contribution in [-0.4, -0.2) is 36.4 Å². The lowest BCUT2D eigenvalue weighted by Gasteiger charge is -2.26. The van der Waals surface area contributed by atoms with E-state index in [0.29, 0.717) is 5.75 Å². The van der Waals surface area contributed by atoms with Gasteiger partial charge in [-0.1, -0.05) is 18.2 Å². The van der Waals surface area contributed by atoms with Crippen molar-refractivity contribution >= 4 is 0 Å². The molecule has 1 fully saturated rings. The SMILES string of the molecule is COc1ccc(CN(Cc2ccc(F)cc2)C[C@@H]2CCCO2)cc1CO. The number of aliphatic hydroxyl groups is 1. The van der Waals surface area contributed by atoms with Crippen LogP contribution in [-0.2, 0) is 24.4 Å². The Bertz CT molecular complexity index is 699. The topological polar surface area (TPSA) is 41.9 Å². The van der Waals surface area contributed by atoms with Crippen LogP contribution < -0.4 is 4.74 Å². The Hall–Kier alpha value is -1.95. The molecule has 0 unspecified atom stereocenters. The molecule has 0 radical (unpaired) electrons. The molecule has 3 rings (SSSR count). The van der Waals surface area contributed by atoms with Crippen LogP contribution in [0.3, 0.4) is 0 Å². The first-order valence-corrected chi connectivity index (χ1v) is 9.03. The zero-order valence-electron chi connectivity index (χ0n) is 15.2. The average Bonchev–Trinajstić information content (AvgIpc) is 3.16. The smallest absolute Gasteiger partial charge is 0.124 e. The summed E-state index contributed by atoms with van der Waals surface area (Å²) in [6.07, 6.45) is 2.42. The molecule has 0 bridgehead atoms. The summed E-state index contributed by atoms with van der Waals surface area (Å²) < 4.78 is 24.3. The normalized spacial score (nSPS) is 17.0. The van der Waals surface area contributed by atoms with Crippen LogP contribution in [0.1, 0.15) is 29.5 Å². The van der Waals surface area contributed by atoms with Crippen molar-refractivity contribution in [2.45, 2.75) is 38.6 Å². The van der Waals surface area contributed by atoms with Gasteiger partial charge in [0.25, 0.3) is 0 Å². The molecule has 0 aliphatic carbocycles. The summed E-state index contributed by atoms with van der Waals surface area (Å²) in [5, 5.41) is 9.55. The Morgan fingerprint density at radius 3 is 2.54 bits per heavy atom. The second-order valence-corrected chi connectivity index (χ2v) is 6.74. The van der Waals surface area contributed by atoms with Gasteiger partial charge in [0.05, 0.1) is 19.8 Å². The zero-order chi connectivity index (χ0) is 18.4. The maximum Gasteiger partial charge on any atom is 0.124 e. The van der Waals surface area contributed by atoms with Crippen LogP contribution in [0, 0.1) is 5.82 Å². The molecule has 2 aromatic carbocycles. The fourth-order valence-electron chi connectivity index (χ4n) is 3.42. The molecule has 0 spiro atoms. The van der Waals surface area contributed by atoms with E-state index in [9.17, 15) is 9.50 Å². The third-order valence-electron chi connectivity index (χ3n) is 4.73. The number of benzene rings is 2. The van der Waals surface area contributed by atoms with Crippen molar-refractivity contribution in [1.82, 2.24) is 4.90 Å². The highest BCUT2D eigenvalue weighted by atomic mass is 19.1. The first-order valence-electron chi connectivity index (χ1n) is 9.03. The number of hydrogen-bond donors (Lipinski definition) is 1. The quantitative estimate of drug-likeness (QED) is 0.783. The largest absolute Gasteiger partial charge is 0.496 e. The summed E-state index contributed by atoms with van der Waals surface area (Å²) in [4.78, 5) is 2.31. The van der Waals surface area contributed by atoms with Crippen LogP contribution >= 0.6 is 0 Å². The van der Waals surface area contributed by atoms with Gasteiger partial charge in [0.2, 0.25) is 0 Å². The van der Waals surface area contributed by atoms with E-state index >= 15 is 0 Å². The van der Waals surface area contributed by atoms with Crippen molar-refractivity contribution in [2.24, 2.45) is 0 Å². The summed E-state index contributed by atoms with van der Waals surface area (Å²) in [5.74, 6) is 0.475. The Labute approximate surface area is 154 Å². The van der Waals surface area contributed by atoms with Crippen LogP contribution in [0.2, 0.25) is 0 Å². The summed E-state index contributed by atoms with van der Waals surface area (Å²) >= 11 is 0. The number of nitrogens with zero attached hydrogens (tertiary/aromatic N) is 1. The lowest BCUT2D eigenvalue weighted by molar-refractivity contribution is 0.0679. The zero-order valence-corrected chi connectivity index (χ0v) is 15.2. The van der Waals surface area contributed by atoms with Crippen molar-refractivity contribution in [3.8, 4) is 5.75 Å². The van der Waals surface area contributed by atoms with E-state index in [2.05, 4.69) is 4.90 Å². The molecule has 140 valence electrons. The fourth-order valence-corrected chi connectivity index (χ4v) is 3.42. The van der Waals surface area contributed by atoms with E-state index in [1.165, 1.54) is 12.1 Å². The van der Waals surface area contributed by atoms with Gasteiger partial charge in [-0.15, -0.1) is 0 Å². The Balaban J connectivity index is 1.74. The lowest BCUT2D eigenvalue weighted by atomic mass is 10.1. The molecule has 4 nitrogen and oxygen atoms in total. The molecule has 26 heavy (non-hydrogen) atoms. The Kier molecular flexibility index (Phi) is 6.61. The van der Waals surface area contributed by atoms with Crippen LogP contribution in [0.5, 0.6) is 5.75 Å². The Morgan fingerprint density at radius 1 is 1.15 bits per heavy atom. The number of rotatable bonds is 8. The summed E-state index contributed by atoms with van der Waals surface area (Å²) in [6.45, 7) is 3.06. The monoisotopic (exact) mass is 359 g/mol. The lowest BCUT2D eigenvalue weighted by Crippen LogP contribution is -2.31. The van der Waals surface area contributed by atoms with Gasteiger partial charge in [-0.3, -0.25) is 4.90 Å². The van der Waals surface area contributed by atoms with E-state index in [1.54, 1.807) is 7.11 Å². The summed E-state index contributed by atoms with van der Waals surface area (Å²) in [7, 11) is 1.60. The van der Waals surface area contributed by atoms with Crippen molar-refractivity contribution < 1.29 is 19.0 Å². The molecule has 0 saturated carbocycles. The van der Waals surface area contributed by atoms with Crippen molar-refractivity contribution in [3.05, 3.63) is 65.0 Å². The fraction of sp³-hybridized carbons (Fsp3) is 0.429. The van der Waals surface area contributed by atoms with Crippen LogP contribution in [0.25, 0.3) is 0 Å². The van der Waals surface area contributed by atoms with Crippen molar-refractivity contribution in [2.75, 3.05) is 20.3 Å². The number of ether oxygens (including phenoxy) is 2. The second-order valence-electron chi connectivity index (χ2n) is 6.74. The van der Waals surface area contributed by atoms with Crippen molar-refractivity contribution in [3.63, 3.8) is 0 Å². The van der Waals surface area contributed by atoms with E-state index in [1.807, 2.05) is 30.3 Å². The van der Waals surface area contributed by atoms with Gasteiger partial charge in [0.1, 0.15) is 11.6 Å². The molecule has 0 amide bonds. The van der Waals surface area contributed by atoms with Crippen LogP contribution in [0.4, 0.5) is 4.39 Å². The van der Waals surface area contributed by atoms with E-state index in [-0.39, 0.29) is 18.5 Å². The number of halogens is 1. The molecule has 0 aromatic heterocycles. The molecule has 1 aliphatic heterocycles. The standard InChI is InChI=1S/C21H26FNO3/c1-25-21-9-6-17(11-18(21)15-24)13-23(14-20-3-2-10-26-20)12-16-4-7-19(22)8-5-16/h4-9,11,20,24H,2-3,10,12-15H2,1H3/t20-/m0/s1. The van der Waals surface area contributed by atoms with E-state index < -0.39 is 0 Å². The predicted octanol–water partition coefficient (Wildman–Crippen LogP) is 3.51. The maximum absolute atomic E-state index is 13.2. The minimum atomic E-state index is -0.220. The van der Waals surface area contributed by atoms with Crippen LogP contribution in [0.15, 0.2) is 42.5 Å². The number of methoxy groups -OCH3 is 1. The van der Waals surface area contributed by atoms with Gasteiger partial charge in [-0.25, -0.2) is 4.39 Å². The highest BCUT2D eigenvalue weighted by Gasteiger charge is 2.20. The molecule has 1 N–H and O–H groups in total.